The number of nitrogens with zero attached hydrogens (tertiary/aromatic N) is 1. The predicted octanol–water partition coefficient (Wildman–Crippen LogP) is 3.05. The van der Waals surface area contributed by atoms with Gasteiger partial charge in [0.05, 0.1) is 12.0 Å². The van der Waals surface area contributed by atoms with Crippen LogP contribution in [0.4, 0.5) is 14.9 Å². The number of anilines is 1. The van der Waals surface area contributed by atoms with E-state index in [2.05, 4.69) is 10.1 Å². The molecule has 0 atom stereocenters. The molecule has 1 saturated heterocycles. The largest absolute Gasteiger partial charge is 0.484 e. The molecule has 1 heterocycles. The first kappa shape index (κ1) is 22.0. The fraction of sp³-hybridized carbons (Fsp3) is 0.143. The van der Waals surface area contributed by atoms with Crippen LogP contribution in [0, 0.1) is 5.82 Å². The van der Waals surface area contributed by atoms with Gasteiger partial charge in [-0.05, 0) is 59.8 Å². The lowest BCUT2D eigenvalue weighted by Gasteiger charge is -2.09. The summed E-state index contributed by atoms with van der Waals surface area (Å²) in [6.07, 6.45) is 1.52. The van der Waals surface area contributed by atoms with Crippen molar-refractivity contribution in [1.29, 1.82) is 0 Å². The third kappa shape index (κ3) is 5.92. The maximum absolute atomic E-state index is 12.9. The average Bonchev–Trinajstić information content (AvgIpc) is 3.02. The highest BCUT2D eigenvalue weighted by Gasteiger charge is 2.36. The SMILES string of the molecule is COC(=O)CN1C(=O)S/C(=C\c2ccc(OCC(=O)Nc3ccc(F)cc3)cc2)C1=O. The summed E-state index contributed by atoms with van der Waals surface area (Å²) in [6.45, 7) is -0.686. The highest BCUT2D eigenvalue weighted by atomic mass is 32.2. The summed E-state index contributed by atoms with van der Waals surface area (Å²) in [5.74, 6) is -1.64. The Morgan fingerprint density at radius 3 is 2.42 bits per heavy atom. The lowest BCUT2D eigenvalue weighted by molar-refractivity contribution is -0.143. The average molecular weight is 444 g/mol. The van der Waals surface area contributed by atoms with Crippen LogP contribution in [0.3, 0.4) is 0 Å². The molecule has 0 aromatic heterocycles. The Kier molecular flexibility index (Phi) is 7.03. The second-order valence-corrected chi connectivity index (χ2v) is 7.25. The fourth-order valence-corrected chi connectivity index (χ4v) is 3.36. The van der Waals surface area contributed by atoms with E-state index in [0.717, 1.165) is 16.7 Å². The molecule has 160 valence electrons. The van der Waals surface area contributed by atoms with Crippen molar-refractivity contribution < 1.29 is 33.0 Å². The van der Waals surface area contributed by atoms with Gasteiger partial charge in [-0.1, -0.05) is 12.1 Å². The van der Waals surface area contributed by atoms with Crippen molar-refractivity contribution in [3.8, 4) is 5.75 Å². The molecule has 1 fully saturated rings. The normalized spacial score (nSPS) is 14.6. The van der Waals surface area contributed by atoms with E-state index in [4.69, 9.17) is 4.74 Å². The molecule has 8 nitrogen and oxygen atoms in total. The van der Waals surface area contributed by atoms with Crippen LogP contribution in [0.15, 0.2) is 53.4 Å². The van der Waals surface area contributed by atoms with Crippen LogP contribution >= 0.6 is 11.8 Å². The third-order valence-electron chi connectivity index (χ3n) is 4.06. The van der Waals surface area contributed by atoms with E-state index in [1.807, 2.05) is 0 Å². The Hall–Kier alpha value is -3.66. The van der Waals surface area contributed by atoms with E-state index >= 15 is 0 Å². The number of esters is 1. The summed E-state index contributed by atoms with van der Waals surface area (Å²) in [4.78, 5) is 48.5. The summed E-state index contributed by atoms with van der Waals surface area (Å²) < 4.78 is 22.8. The number of hydrogen-bond acceptors (Lipinski definition) is 7. The van der Waals surface area contributed by atoms with Gasteiger partial charge in [0.1, 0.15) is 18.1 Å². The van der Waals surface area contributed by atoms with Crippen LogP contribution in [0.2, 0.25) is 0 Å². The van der Waals surface area contributed by atoms with Crippen molar-refractivity contribution in [2.75, 3.05) is 25.6 Å². The molecule has 1 aliphatic heterocycles. The Morgan fingerprint density at radius 1 is 1.10 bits per heavy atom. The van der Waals surface area contributed by atoms with Crippen LogP contribution in [-0.4, -0.2) is 48.2 Å². The molecule has 0 aliphatic carbocycles. The van der Waals surface area contributed by atoms with Crippen LogP contribution < -0.4 is 10.1 Å². The van der Waals surface area contributed by atoms with E-state index in [0.29, 0.717) is 17.0 Å². The molecule has 0 radical (unpaired) electrons. The first-order valence-electron chi connectivity index (χ1n) is 8.96. The quantitative estimate of drug-likeness (QED) is 0.517. The number of hydrogen-bond donors (Lipinski definition) is 1. The first-order valence-corrected chi connectivity index (χ1v) is 9.78. The Balaban J connectivity index is 1.55. The van der Waals surface area contributed by atoms with E-state index in [1.165, 1.54) is 37.5 Å². The topological polar surface area (TPSA) is 102 Å². The first-order chi connectivity index (χ1) is 14.9. The Morgan fingerprint density at radius 2 is 1.77 bits per heavy atom. The second-order valence-electron chi connectivity index (χ2n) is 6.26. The second kappa shape index (κ2) is 9.90. The van der Waals surface area contributed by atoms with Crippen LogP contribution in [0.1, 0.15) is 5.56 Å². The number of nitrogens with one attached hydrogen (secondary N) is 1. The van der Waals surface area contributed by atoms with Gasteiger partial charge in [0.15, 0.2) is 6.61 Å². The number of amides is 3. The van der Waals surface area contributed by atoms with Crippen LogP contribution in [0.5, 0.6) is 5.75 Å². The highest BCUT2D eigenvalue weighted by molar-refractivity contribution is 8.18. The molecule has 0 saturated carbocycles. The summed E-state index contributed by atoms with van der Waals surface area (Å²) in [5, 5.41) is 2.03. The number of ether oxygens (including phenoxy) is 2. The van der Waals surface area contributed by atoms with Gasteiger partial charge in [-0.2, -0.15) is 0 Å². The molecule has 0 bridgehead atoms. The standard InChI is InChI=1S/C21H17FN2O6S/c1-29-19(26)11-24-20(27)17(31-21(24)28)10-13-2-8-16(9-3-13)30-12-18(25)23-15-6-4-14(22)5-7-15/h2-10H,11-12H2,1H3,(H,23,25)/b17-10-. The van der Waals surface area contributed by atoms with E-state index in [1.54, 1.807) is 24.3 Å². The molecule has 2 aromatic rings. The summed E-state index contributed by atoms with van der Waals surface area (Å²) in [7, 11) is 1.17. The van der Waals surface area contributed by atoms with Gasteiger partial charge in [-0.15, -0.1) is 0 Å². The molecule has 10 heteroatoms. The minimum atomic E-state index is -0.687. The van der Waals surface area contributed by atoms with Gasteiger partial charge in [0.2, 0.25) is 0 Å². The highest BCUT2D eigenvalue weighted by Crippen LogP contribution is 2.32. The summed E-state index contributed by atoms with van der Waals surface area (Å²) >= 11 is 0.732. The molecular formula is C21H17FN2O6S. The molecule has 1 aliphatic rings. The van der Waals surface area contributed by atoms with Gasteiger partial charge < -0.3 is 14.8 Å². The van der Waals surface area contributed by atoms with Crippen molar-refractivity contribution in [2.24, 2.45) is 0 Å². The molecule has 1 N–H and O–H groups in total. The zero-order valence-corrected chi connectivity index (χ0v) is 17.1. The van der Waals surface area contributed by atoms with E-state index in [-0.39, 0.29) is 11.5 Å². The number of thioether (sulfide) groups is 1. The molecule has 31 heavy (non-hydrogen) atoms. The Bertz CT molecular complexity index is 1040. The van der Waals surface area contributed by atoms with Gasteiger partial charge in [-0.25, -0.2) is 4.39 Å². The number of carbonyl (C=O) groups is 4. The maximum atomic E-state index is 12.9. The predicted molar refractivity (Wildman–Crippen MR) is 112 cm³/mol. The fourth-order valence-electron chi connectivity index (χ4n) is 2.52. The smallest absolute Gasteiger partial charge is 0.325 e. The number of imide groups is 1. The van der Waals surface area contributed by atoms with Crippen molar-refractivity contribution >= 4 is 46.5 Å². The lowest BCUT2D eigenvalue weighted by Crippen LogP contribution is -2.34. The lowest BCUT2D eigenvalue weighted by atomic mass is 10.2. The number of halogens is 1. The summed E-state index contributed by atoms with van der Waals surface area (Å²) in [6, 6.07) is 11.9. The van der Waals surface area contributed by atoms with Crippen LogP contribution in [-0.2, 0) is 19.1 Å². The Labute approximate surface area is 181 Å². The minimum Gasteiger partial charge on any atom is -0.484 e. The molecule has 2 aromatic carbocycles. The van der Waals surface area contributed by atoms with Crippen molar-refractivity contribution in [2.45, 2.75) is 0 Å². The van der Waals surface area contributed by atoms with Crippen molar-refractivity contribution in [1.82, 2.24) is 4.90 Å². The number of rotatable bonds is 7. The zero-order chi connectivity index (χ0) is 22.4. The molecule has 3 amide bonds. The van der Waals surface area contributed by atoms with Gasteiger partial charge in [0.25, 0.3) is 17.1 Å². The maximum Gasteiger partial charge on any atom is 0.325 e. The molecule has 3 rings (SSSR count). The summed E-state index contributed by atoms with van der Waals surface area (Å²) in [5.41, 5.74) is 1.08. The van der Waals surface area contributed by atoms with Crippen molar-refractivity contribution in [3.05, 3.63) is 64.8 Å². The minimum absolute atomic E-state index is 0.182. The van der Waals surface area contributed by atoms with Crippen LogP contribution in [0.25, 0.3) is 6.08 Å². The number of carbonyl (C=O) groups excluding carboxylic acids is 4. The number of methoxy groups -OCH3 is 1. The monoisotopic (exact) mass is 444 g/mol. The molecule has 0 unspecified atom stereocenters. The van der Waals surface area contributed by atoms with E-state index in [9.17, 15) is 23.6 Å². The molecule has 0 spiro atoms. The molecular weight excluding hydrogens is 427 g/mol. The van der Waals surface area contributed by atoms with Gasteiger partial charge in [0, 0.05) is 5.69 Å². The third-order valence-corrected chi connectivity index (χ3v) is 4.97. The van der Waals surface area contributed by atoms with Crippen molar-refractivity contribution in [3.63, 3.8) is 0 Å². The van der Waals surface area contributed by atoms with Gasteiger partial charge in [-0.3, -0.25) is 24.1 Å². The van der Waals surface area contributed by atoms with E-state index < -0.39 is 35.4 Å². The zero-order valence-electron chi connectivity index (χ0n) is 16.3. The number of benzene rings is 2. The van der Waals surface area contributed by atoms with Gasteiger partial charge >= 0.3 is 5.97 Å².